The van der Waals surface area contributed by atoms with E-state index in [2.05, 4.69) is 10.1 Å². The number of rotatable bonds is 2. The third kappa shape index (κ3) is 1.84. The Bertz CT molecular complexity index is 546. The van der Waals surface area contributed by atoms with Crippen LogP contribution in [-0.2, 0) is 0 Å². The van der Waals surface area contributed by atoms with E-state index < -0.39 is 0 Å². The fourth-order valence-electron chi connectivity index (χ4n) is 1.91. The number of hydrogen-bond acceptors (Lipinski definition) is 3. The van der Waals surface area contributed by atoms with E-state index in [4.69, 9.17) is 4.52 Å². The largest absolute Gasteiger partial charge is 0.339 e. The molecule has 4 heteroatoms. The summed E-state index contributed by atoms with van der Waals surface area (Å²) < 4.78 is 18.6. The molecule has 88 valence electrons. The molecular formula is C13H13FN2O. The van der Waals surface area contributed by atoms with Crippen LogP contribution >= 0.6 is 0 Å². The van der Waals surface area contributed by atoms with Gasteiger partial charge in [-0.2, -0.15) is 4.98 Å². The van der Waals surface area contributed by atoms with Crippen molar-refractivity contribution < 1.29 is 8.91 Å². The van der Waals surface area contributed by atoms with Crippen LogP contribution in [0.2, 0.25) is 0 Å². The van der Waals surface area contributed by atoms with Crippen LogP contribution in [0.3, 0.4) is 0 Å². The maximum atomic E-state index is 13.4. The molecule has 1 fully saturated rings. The van der Waals surface area contributed by atoms with Crippen LogP contribution in [0.1, 0.15) is 36.6 Å². The Morgan fingerprint density at radius 2 is 2.18 bits per heavy atom. The van der Waals surface area contributed by atoms with Gasteiger partial charge in [0.2, 0.25) is 11.7 Å². The van der Waals surface area contributed by atoms with E-state index in [0.717, 1.165) is 12.8 Å². The Morgan fingerprint density at radius 1 is 1.35 bits per heavy atom. The van der Waals surface area contributed by atoms with Gasteiger partial charge in [0.1, 0.15) is 5.82 Å². The van der Waals surface area contributed by atoms with Gasteiger partial charge in [-0.15, -0.1) is 0 Å². The van der Waals surface area contributed by atoms with E-state index in [-0.39, 0.29) is 5.82 Å². The molecule has 1 saturated carbocycles. The average Bonchev–Trinajstić information content (AvgIpc) is 2.69. The fourth-order valence-corrected chi connectivity index (χ4v) is 1.91. The van der Waals surface area contributed by atoms with E-state index in [1.165, 1.54) is 12.5 Å². The molecule has 3 nitrogen and oxygen atoms in total. The third-order valence-corrected chi connectivity index (χ3v) is 3.33. The lowest BCUT2D eigenvalue weighted by Gasteiger charge is -2.20. The molecule has 0 bridgehead atoms. The summed E-state index contributed by atoms with van der Waals surface area (Å²) in [5.74, 6) is 1.34. The first kappa shape index (κ1) is 10.4. The second-order valence-electron chi connectivity index (χ2n) is 4.55. The molecule has 0 aliphatic heterocycles. The standard InChI is InChI=1S/C13H13FN2O/c1-8-5-6-10(7-11(8)14)12-15-13(17-16-12)9-3-2-4-9/h5-7,9H,2-4H2,1H3. The molecular weight excluding hydrogens is 219 g/mol. The SMILES string of the molecule is Cc1ccc(-c2noc(C3CCC3)n2)cc1F. The molecule has 0 amide bonds. The minimum absolute atomic E-state index is 0.238. The number of hydrogen-bond donors (Lipinski definition) is 0. The molecule has 0 spiro atoms. The van der Waals surface area contributed by atoms with Crippen LogP contribution in [-0.4, -0.2) is 10.1 Å². The normalized spacial score (nSPS) is 15.9. The summed E-state index contributed by atoms with van der Waals surface area (Å²) in [5.41, 5.74) is 1.29. The Morgan fingerprint density at radius 3 is 2.82 bits per heavy atom. The number of benzene rings is 1. The first-order valence-electron chi connectivity index (χ1n) is 5.84. The van der Waals surface area contributed by atoms with Crippen LogP contribution in [0.4, 0.5) is 4.39 Å². The number of nitrogens with zero attached hydrogens (tertiary/aromatic N) is 2. The minimum Gasteiger partial charge on any atom is -0.339 e. The van der Waals surface area contributed by atoms with Crippen molar-refractivity contribution in [2.75, 3.05) is 0 Å². The van der Waals surface area contributed by atoms with Crippen molar-refractivity contribution in [1.82, 2.24) is 10.1 Å². The highest BCUT2D eigenvalue weighted by Gasteiger charge is 2.25. The monoisotopic (exact) mass is 232 g/mol. The summed E-state index contributed by atoms with van der Waals surface area (Å²) in [5, 5.41) is 3.91. The van der Waals surface area contributed by atoms with Crippen LogP contribution in [0.15, 0.2) is 22.7 Å². The lowest BCUT2D eigenvalue weighted by atomic mass is 9.85. The Hall–Kier alpha value is -1.71. The zero-order chi connectivity index (χ0) is 11.8. The fraction of sp³-hybridized carbons (Fsp3) is 0.385. The zero-order valence-electron chi connectivity index (χ0n) is 9.61. The molecule has 2 aromatic rings. The quantitative estimate of drug-likeness (QED) is 0.796. The second-order valence-corrected chi connectivity index (χ2v) is 4.55. The summed E-state index contributed by atoms with van der Waals surface area (Å²) in [6, 6.07) is 4.99. The van der Waals surface area contributed by atoms with E-state index in [0.29, 0.717) is 28.8 Å². The van der Waals surface area contributed by atoms with Crippen LogP contribution in [0, 0.1) is 12.7 Å². The highest BCUT2D eigenvalue weighted by Crippen LogP contribution is 2.36. The van der Waals surface area contributed by atoms with Crippen LogP contribution < -0.4 is 0 Å². The molecule has 0 N–H and O–H groups in total. The molecule has 1 aromatic heterocycles. The highest BCUT2D eigenvalue weighted by molar-refractivity contribution is 5.55. The van der Waals surface area contributed by atoms with Crippen molar-refractivity contribution >= 4 is 0 Å². The maximum Gasteiger partial charge on any atom is 0.230 e. The molecule has 3 rings (SSSR count). The van der Waals surface area contributed by atoms with Gasteiger partial charge in [-0.05, 0) is 31.4 Å². The first-order valence-corrected chi connectivity index (χ1v) is 5.84. The van der Waals surface area contributed by atoms with Gasteiger partial charge in [-0.3, -0.25) is 0 Å². The van der Waals surface area contributed by atoms with Gasteiger partial charge in [-0.25, -0.2) is 4.39 Å². The number of aryl methyl sites for hydroxylation is 1. The van der Waals surface area contributed by atoms with Gasteiger partial charge in [0.15, 0.2) is 0 Å². The van der Waals surface area contributed by atoms with Gasteiger partial charge >= 0.3 is 0 Å². The summed E-state index contributed by atoms with van der Waals surface area (Å²) in [6.07, 6.45) is 3.45. The van der Waals surface area contributed by atoms with Gasteiger partial charge < -0.3 is 4.52 Å². The van der Waals surface area contributed by atoms with Crippen LogP contribution in [0.25, 0.3) is 11.4 Å². The highest BCUT2D eigenvalue weighted by atomic mass is 19.1. The molecule has 0 atom stereocenters. The summed E-state index contributed by atoms with van der Waals surface area (Å²) >= 11 is 0. The predicted octanol–water partition coefficient (Wildman–Crippen LogP) is 3.45. The molecule has 0 unspecified atom stereocenters. The molecule has 1 aromatic carbocycles. The Kier molecular flexibility index (Phi) is 2.42. The maximum absolute atomic E-state index is 13.4. The van der Waals surface area contributed by atoms with Gasteiger partial charge in [0, 0.05) is 11.5 Å². The van der Waals surface area contributed by atoms with Crippen molar-refractivity contribution in [3.05, 3.63) is 35.5 Å². The molecule has 1 heterocycles. The molecule has 0 saturated heterocycles. The summed E-state index contributed by atoms with van der Waals surface area (Å²) in [4.78, 5) is 4.33. The first-order chi connectivity index (χ1) is 8.24. The summed E-state index contributed by atoms with van der Waals surface area (Å²) in [6.45, 7) is 1.73. The molecule has 17 heavy (non-hydrogen) atoms. The topological polar surface area (TPSA) is 38.9 Å². The van der Waals surface area contributed by atoms with Crippen molar-refractivity contribution in [1.29, 1.82) is 0 Å². The van der Waals surface area contributed by atoms with Crippen molar-refractivity contribution in [3.8, 4) is 11.4 Å². The smallest absolute Gasteiger partial charge is 0.230 e. The molecule has 0 radical (unpaired) electrons. The van der Waals surface area contributed by atoms with Crippen LogP contribution in [0.5, 0.6) is 0 Å². The predicted molar refractivity (Wildman–Crippen MR) is 61.0 cm³/mol. The van der Waals surface area contributed by atoms with Gasteiger partial charge in [-0.1, -0.05) is 23.7 Å². The van der Waals surface area contributed by atoms with Crippen molar-refractivity contribution in [3.63, 3.8) is 0 Å². The summed E-state index contributed by atoms with van der Waals surface area (Å²) in [7, 11) is 0. The second kappa shape index (κ2) is 3.95. The molecule has 1 aliphatic rings. The zero-order valence-corrected chi connectivity index (χ0v) is 9.61. The minimum atomic E-state index is -0.238. The number of aromatic nitrogens is 2. The third-order valence-electron chi connectivity index (χ3n) is 3.33. The Labute approximate surface area is 98.7 Å². The van der Waals surface area contributed by atoms with E-state index in [1.54, 1.807) is 13.0 Å². The molecule has 1 aliphatic carbocycles. The van der Waals surface area contributed by atoms with E-state index >= 15 is 0 Å². The number of halogens is 1. The van der Waals surface area contributed by atoms with E-state index in [9.17, 15) is 4.39 Å². The van der Waals surface area contributed by atoms with E-state index in [1.807, 2.05) is 6.07 Å². The van der Waals surface area contributed by atoms with Gasteiger partial charge in [0.25, 0.3) is 0 Å². The Balaban J connectivity index is 1.92. The lowest BCUT2D eigenvalue weighted by Crippen LogP contribution is -2.08. The lowest BCUT2D eigenvalue weighted by molar-refractivity contribution is 0.292. The van der Waals surface area contributed by atoms with Crippen molar-refractivity contribution in [2.45, 2.75) is 32.1 Å². The average molecular weight is 232 g/mol. The van der Waals surface area contributed by atoms with Gasteiger partial charge in [0.05, 0.1) is 0 Å². The van der Waals surface area contributed by atoms with Crippen molar-refractivity contribution in [2.24, 2.45) is 0 Å².